The Bertz CT molecular complexity index is 811. The van der Waals surface area contributed by atoms with E-state index >= 15 is 0 Å². The van der Waals surface area contributed by atoms with Crippen LogP contribution in [0, 0.1) is 0 Å². The molecule has 1 aromatic carbocycles. The normalized spacial score (nSPS) is 17.1. The third-order valence-electron chi connectivity index (χ3n) is 4.71. The zero-order chi connectivity index (χ0) is 20.6. The maximum absolute atomic E-state index is 12.7. The molecule has 2 aromatic rings. The highest BCUT2D eigenvalue weighted by Crippen LogP contribution is 2.31. The van der Waals surface area contributed by atoms with E-state index in [2.05, 4.69) is 30.6 Å². The van der Waals surface area contributed by atoms with Crippen molar-refractivity contribution < 1.29 is 13.5 Å². The Balaban J connectivity index is 1.63. The van der Waals surface area contributed by atoms with Crippen molar-refractivity contribution in [3.05, 3.63) is 36.4 Å². The number of nitrogens with one attached hydrogen (secondary N) is 2. The first-order chi connectivity index (χ1) is 14.1. The molecule has 0 spiro atoms. The van der Waals surface area contributed by atoms with Gasteiger partial charge in [0.1, 0.15) is 18.6 Å². The highest BCUT2D eigenvalue weighted by molar-refractivity contribution is 5.80. The van der Waals surface area contributed by atoms with Gasteiger partial charge in [-0.15, -0.1) is 10.2 Å². The largest absolute Gasteiger partial charge is 0.433 e. The Kier molecular flexibility index (Phi) is 7.20. The monoisotopic (exact) mass is 407 g/mol. The van der Waals surface area contributed by atoms with Gasteiger partial charge in [-0.1, -0.05) is 12.1 Å². The van der Waals surface area contributed by atoms with Crippen LogP contribution < -0.4 is 20.3 Å². The second kappa shape index (κ2) is 10.0. The van der Waals surface area contributed by atoms with Gasteiger partial charge in [-0.25, -0.2) is 4.99 Å². The number of aryl methyl sites for hydroxylation is 1. The van der Waals surface area contributed by atoms with E-state index in [0.717, 1.165) is 31.9 Å². The number of ether oxygens (including phenoxy) is 1. The summed E-state index contributed by atoms with van der Waals surface area (Å²) in [5.41, 5.74) is 0.676. The molecule has 1 aromatic heterocycles. The molecule has 8 nitrogen and oxygen atoms in total. The third kappa shape index (κ3) is 5.55. The van der Waals surface area contributed by atoms with Gasteiger partial charge in [0.15, 0.2) is 11.8 Å². The lowest BCUT2D eigenvalue weighted by atomic mass is 10.2. The molecule has 1 fully saturated rings. The van der Waals surface area contributed by atoms with Gasteiger partial charge >= 0.3 is 6.61 Å². The molecule has 1 saturated heterocycles. The predicted octanol–water partition coefficient (Wildman–Crippen LogP) is 2.23. The van der Waals surface area contributed by atoms with E-state index in [0.29, 0.717) is 24.7 Å². The Hall–Kier alpha value is -2.91. The summed E-state index contributed by atoms with van der Waals surface area (Å²) in [6.07, 6.45) is 2.55. The summed E-state index contributed by atoms with van der Waals surface area (Å²) >= 11 is 0. The lowest BCUT2D eigenvalue weighted by Gasteiger charge is -2.22. The van der Waals surface area contributed by atoms with Crippen LogP contribution in [0.4, 0.5) is 14.5 Å². The summed E-state index contributed by atoms with van der Waals surface area (Å²) in [6.45, 7) is 4.54. The molecule has 1 unspecified atom stereocenters. The number of guanidine groups is 1. The van der Waals surface area contributed by atoms with E-state index in [4.69, 9.17) is 0 Å². The fraction of sp³-hybridized carbons (Fsp3) is 0.526. The van der Waals surface area contributed by atoms with Crippen LogP contribution in [0.1, 0.15) is 26.1 Å². The first kappa shape index (κ1) is 20.8. The van der Waals surface area contributed by atoms with Crippen molar-refractivity contribution in [2.24, 2.45) is 4.99 Å². The number of halogens is 2. The van der Waals surface area contributed by atoms with Crippen molar-refractivity contribution in [1.29, 1.82) is 0 Å². The second-order valence-corrected chi connectivity index (χ2v) is 6.65. The first-order valence-electron chi connectivity index (χ1n) is 9.81. The average Bonchev–Trinajstić information content (AvgIpc) is 3.35. The molecule has 10 heteroatoms. The van der Waals surface area contributed by atoms with Gasteiger partial charge in [0.05, 0.1) is 5.69 Å². The SMILES string of the molecule is CCNC(=NCc1nncn1CC)NC1CCN(c2ccccc2OC(F)F)C1. The molecule has 0 amide bonds. The minimum Gasteiger partial charge on any atom is -0.433 e. The highest BCUT2D eigenvalue weighted by Gasteiger charge is 2.26. The number of rotatable bonds is 8. The maximum Gasteiger partial charge on any atom is 0.387 e. The van der Waals surface area contributed by atoms with Crippen LogP contribution in [0.5, 0.6) is 5.75 Å². The molecule has 0 radical (unpaired) electrons. The smallest absolute Gasteiger partial charge is 0.387 e. The standard InChI is InChI=1S/C19H27F2N7O/c1-3-22-19(23-11-17-26-24-13-27(17)4-2)25-14-9-10-28(12-14)15-7-5-6-8-16(15)29-18(20)21/h5-8,13-14,18H,3-4,9-12H2,1-2H3,(H2,22,23,25). The molecule has 1 aliphatic rings. The van der Waals surface area contributed by atoms with Crippen molar-refractivity contribution in [3.8, 4) is 5.75 Å². The van der Waals surface area contributed by atoms with Crippen LogP contribution in [0.15, 0.2) is 35.6 Å². The van der Waals surface area contributed by atoms with Crippen LogP contribution in [0.3, 0.4) is 0 Å². The summed E-state index contributed by atoms with van der Waals surface area (Å²) in [5, 5.41) is 14.7. The second-order valence-electron chi connectivity index (χ2n) is 6.65. The lowest BCUT2D eigenvalue weighted by molar-refractivity contribution is -0.0495. The number of hydrogen-bond acceptors (Lipinski definition) is 5. The van der Waals surface area contributed by atoms with E-state index in [1.54, 1.807) is 24.5 Å². The van der Waals surface area contributed by atoms with E-state index < -0.39 is 6.61 Å². The zero-order valence-electron chi connectivity index (χ0n) is 16.7. The number of anilines is 1. The van der Waals surface area contributed by atoms with Gasteiger partial charge in [-0.05, 0) is 32.4 Å². The molecular weight excluding hydrogens is 380 g/mol. The topological polar surface area (TPSA) is 79.6 Å². The number of aliphatic imine (C=N–C) groups is 1. The predicted molar refractivity (Wildman–Crippen MR) is 107 cm³/mol. The van der Waals surface area contributed by atoms with E-state index in [1.807, 2.05) is 29.4 Å². The number of para-hydroxylation sites is 2. The summed E-state index contributed by atoms with van der Waals surface area (Å²) in [6, 6.07) is 7.02. The zero-order valence-corrected chi connectivity index (χ0v) is 16.7. The van der Waals surface area contributed by atoms with Crippen LogP contribution in [0.2, 0.25) is 0 Å². The summed E-state index contributed by atoms with van der Waals surface area (Å²) in [7, 11) is 0. The van der Waals surface area contributed by atoms with Crippen molar-refractivity contribution in [3.63, 3.8) is 0 Å². The molecule has 2 heterocycles. The van der Waals surface area contributed by atoms with Crippen LogP contribution in [-0.2, 0) is 13.1 Å². The lowest BCUT2D eigenvalue weighted by Crippen LogP contribution is -2.44. The van der Waals surface area contributed by atoms with Crippen molar-refractivity contribution in [2.45, 2.75) is 46.0 Å². The molecule has 1 aliphatic heterocycles. The number of alkyl halides is 2. The van der Waals surface area contributed by atoms with Crippen LogP contribution >= 0.6 is 0 Å². The number of aromatic nitrogens is 3. The van der Waals surface area contributed by atoms with Crippen molar-refractivity contribution in [1.82, 2.24) is 25.4 Å². The summed E-state index contributed by atoms with van der Waals surface area (Å²) < 4.78 is 32.0. The molecule has 0 bridgehead atoms. The summed E-state index contributed by atoms with van der Waals surface area (Å²) in [5.74, 6) is 1.69. The van der Waals surface area contributed by atoms with Crippen molar-refractivity contribution >= 4 is 11.6 Å². The van der Waals surface area contributed by atoms with Crippen molar-refractivity contribution in [2.75, 3.05) is 24.5 Å². The number of nitrogens with zero attached hydrogens (tertiary/aromatic N) is 5. The van der Waals surface area contributed by atoms with E-state index in [9.17, 15) is 8.78 Å². The van der Waals surface area contributed by atoms with Gasteiger partial charge < -0.3 is 24.8 Å². The van der Waals surface area contributed by atoms with E-state index in [-0.39, 0.29) is 11.8 Å². The van der Waals surface area contributed by atoms with Gasteiger partial charge in [-0.2, -0.15) is 8.78 Å². The highest BCUT2D eigenvalue weighted by atomic mass is 19.3. The Labute approximate surface area is 169 Å². The quantitative estimate of drug-likeness (QED) is 0.516. The molecule has 3 rings (SSSR count). The Morgan fingerprint density at radius 3 is 2.93 bits per heavy atom. The molecule has 1 atom stereocenters. The average molecular weight is 407 g/mol. The fourth-order valence-corrected chi connectivity index (χ4v) is 3.34. The van der Waals surface area contributed by atoms with Crippen LogP contribution in [-0.4, -0.2) is 53.0 Å². The third-order valence-corrected chi connectivity index (χ3v) is 4.71. The van der Waals surface area contributed by atoms with Crippen LogP contribution in [0.25, 0.3) is 0 Å². The Morgan fingerprint density at radius 2 is 2.17 bits per heavy atom. The fourth-order valence-electron chi connectivity index (χ4n) is 3.34. The van der Waals surface area contributed by atoms with Gasteiger partial charge in [-0.3, -0.25) is 0 Å². The first-order valence-corrected chi connectivity index (χ1v) is 9.81. The molecule has 2 N–H and O–H groups in total. The Morgan fingerprint density at radius 1 is 1.34 bits per heavy atom. The van der Waals surface area contributed by atoms with Gasteiger partial charge in [0.25, 0.3) is 0 Å². The number of hydrogen-bond donors (Lipinski definition) is 2. The minimum atomic E-state index is -2.84. The molecule has 0 aliphatic carbocycles. The van der Waals surface area contributed by atoms with E-state index in [1.165, 1.54) is 0 Å². The minimum absolute atomic E-state index is 0.136. The molecule has 0 saturated carbocycles. The molecule has 158 valence electrons. The number of benzene rings is 1. The maximum atomic E-state index is 12.7. The molecular formula is C19H27F2N7O. The molecule has 29 heavy (non-hydrogen) atoms. The van der Waals surface area contributed by atoms with Gasteiger partial charge in [0.2, 0.25) is 0 Å². The summed E-state index contributed by atoms with van der Waals surface area (Å²) in [4.78, 5) is 6.66. The van der Waals surface area contributed by atoms with Gasteiger partial charge in [0, 0.05) is 32.2 Å².